The van der Waals surface area contributed by atoms with Gasteiger partial charge in [0.25, 0.3) is 5.91 Å². The summed E-state index contributed by atoms with van der Waals surface area (Å²) in [6, 6.07) is 18.0. The molecule has 0 bridgehead atoms. The van der Waals surface area contributed by atoms with Crippen LogP contribution in [0.5, 0.6) is 0 Å². The summed E-state index contributed by atoms with van der Waals surface area (Å²) in [4.78, 5) is 23.1. The Kier molecular flexibility index (Phi) is 8.58. The van der Waals surface area contributed by atoms with E-state index in [0.29, 0.717) is 38.2 Å². The zero-order chi connectivity index (χ0) is 29.1. The zero-order valence-corrected chi connectivity index (χ0v) is 23.1. The highest BCUT2D eigenvalue weighted by atomic mass is 35.5. The third-order valence-corrected chi connectivity index (χ3v) is 7.55. The number of pyridine rings is 2. The molecule has 5 rings (SSSR count). The Morgan fingerprint density at radius 3 is 2.20 bits per heavy atom. The first-order chi connectivity index (χ1) is 19.6. The number of hydrogen-bond donors (Lipinski definition) is 1. The average molecular weight is 603 g/mol. The molecule has 0 spiro atoms. The first kappa shape index (κ1) is 29.0. The molecule has 1 fully saturated rings. The van der Waals surface area contributed by atoms with Crippen molar-refractivity contribution >= 4 is 34.8 Å². The monoisotopic (exact) mass is 602 g/mol. The van der Waals surface area contributed by atoms with Crippen LogP contribution >= 0.6 is 23.2 Å². The highest BCUT2D eigenvalue weighted by Gasteiger charge is 2.36. The molecule has 11 heteroatoms. The molecule has 0 radical (unpaired) electrons. The van der Waals surface area contributed by atoms with E-state index in [1.54, 1.807) is 12.1 Å². The molecular weight excluding hydrogens is 579 g/mol. The number of benzene rings is 2. The number of anilines is 1. The lowest BCUT2D eigenvalue weighted by molar-refractivity contribution is -0.137. The van der Waals surface area contributed by atoms with Crippen LogP contribution in [-0.4, -0.2) is 33.9 Å². The first-order valence-electron chi connectivity index (χ1n) is 12.8. The predicted octanol–water partition coefficient (Wildman–Crippen LogP) is 8.24. The van der Waals surface area contributed by atoms with Crippen LogP contribution in [0.1, 0.15) is 45.9 Å². The second kappa shape index (κ2) is 12.1. The van der Waals surface area contributed by atoms with E-state index in [4.69, 9.17) is 23.2 Å². The van der Waals surface area contributed by atoms with E-state index in [1.165, 1.54) is 30.5 Å². The van der Waals surface area contributed by atoms with Crippen LogP contribution in [0.4, 0.5) is 23.2 Å². The van der Waals surface area contributed by atoms with Gasteiger partial charge in [-0.05, 0) is 73.0 Å². The predicted molar refractivity (Wildman–Crippen MR) is 151 cm³/mol. The summed E-state index contributed by atoms with van der Waals surface area (Å²) in [6.07, 6.45) is -2.16. The highest BCUT2D eigenvalue weighted by molar-refractivity contribution is 6.30. The third kappa shape index (κ3) is 7.04. The number of hydrogen-bond acceptors (Lipinski definition) is 4. The lowest BCUT2D eigenvalue weighted by atomic mass is 9.91. The van der Waals surface area contributed by atoms with Gasteiger partial charge in [-0.2, -0.15) is 13.2 Å². The fraction of sp³-hybridized carbons (Fsp3) is 0.233. The van der Waals surface area contributed by atoms with Crippen molar-refractivity contribution in [3.05, 3.63) is 111 Å². The average Bonchev–Trinajstić information content (AvgIpc) is 2.94. The van der Waals surface area contributed by atoms with Gasteiger partial charge in [-0.3, -0.25) is 9.69 Å². The number of aromatic nitrogens is 2. The number of alkyl halides is 3. The minimum Gasteiger partial charge on any atom is -0.320 e. The smallest absolute Gasteiger partial charge is 0.320 e. The number of nitrogens with one attached hydrogen (secondary N) is 1. The molecule has 4 aromatic rings. The van der Waals surface area contributed by atoms with Crippen LogP contribution in [0, 0.1) is 5.82 Å². The Morgan fingerprint density at radius 1 is 0.951 bits per heavy atom. The van der Waals surface area contributed by atoms with Crippen molar-refractivity contribution in [2.24, 2.45) is 0 Å². The molecule has 0 aliphatic carbocycles. The molecule has 212 valence electrons. The van der Waals surface area contributed by atoms with Crippen molar-refractivity contribution in [1.29, 1.82) is 0 Å². The fourth-order valence-corrected chi connectivity index (χ4v) is 5.35. The quantitative estimate of drug-likeness (QED) is 0.178. The lowest BCUT2D eigenvalue weighted by Crippen LogP contribution is -2.33. The SMILES string of the molecule is O=C(Nc1cc(C(F)(F)F)c(Cl)nc1C1CCN(Cc2ccc(-c3ccc(F)cc3)cc2)CC1)c1ccnc(Cl)c1. The van der Waals surface area contributed by atoms with Gasteiger partial charge in [-0.15, -0.1) is 0 Å². The second-order valence-corrected chi connectivity index (χ2v) is 10.6. The molecule has 0 atom stereocenters. The van der Waals surface area contributed by atoms with Gasteiger partial charge in [0.15, 0.2) is 0 Å². The standard InChI is InChI=1S/C30H24Cl2F4N4O/c31-26-15-22(9-12-37-26)29(41)38-25-16-24(30(34,35)36)28(32)39-27(25)21-10-13-40(14-11-21)17-18-1-3-19(4-2-18)20-5-7-23(33)8-6-20/h1-9,12,15-16,21H,10-11,13-14,17H2,(H,38,41). The Bertz CT molecular complexity index is 1540. The first-order valence-corrected chi connectivity index (χ1v) is 13.6. The van der Waals surface area contributed by atoms with Crippen LogP contribution in [-0.2, 0) is 12.7 Å². The second-order valence-electron chi connectivity index (χ2n) is 9.83. The molecule has 1 saturated heterocycles. The van der Waals surface area contributed by atoms with Gasteiger partial charge < -0.3 is 5.32 Å². The molecule has 1 aliphatic heterocycles. The van der Waals surface area contributed by atoms with Crippen molar-refractivity contribution in [3.8, 4) is 11.1 Å². The largest absolute Gasteiger partial charge is 0.419 e. The van der Waals surface area contributed by atoms with E-state index in [0.717, 1.165) is 22.8 Å². The zero-order valence-electron chi connectivity index (χ0n) is 21.6. The molecule has 1 aliphatic rings. The van der Waals surface area contributed by atoms with E-state index in [-0.39, 0.29) is 28.1 Å². The van der Waals surface area contributed by atoms with Gasteiger partial charge in [0.2, 0.25) is 0 Å². The van der Waals surface area contributed by atoms with Crippen molar-refractivity contribution in [1.82, 2.24) is 14.9 Å². The van der Waals surface area contributed by atoms with Crippen LogP contribution < -0.4 is 5.32 Å². The lowest BCUT2D eigenvalue weighted by Gasteiger charge is -2.32. The molecule has 1 amide bonds. The highest BCUT2D eigenvalue weighted by Crippen LogP contribution is 2.40. The summed E-state index contributed by atoms with van der Waals surface area (Å²) in [5.41, 5.74) is 2.34. The number of piperidine rings is 1. The van der Waals surface area contributed by atoms with Gasteiger partial charge in [-0.25, -0.2) is 14.4 Å². The summed E-state index contributed by atoms with van der Waals surface area (Å²) in [5, 5.41) is 2.02. The van der Waals surface area contributed by atoms with Crippen molar-refractivity contribution in [3.63, 3.8) is 0 Å². The molecule has 3 heterocycles. The van der Waals surface area contributed by atoms with Crippen LogP contribution in [0.25, 0.3) is 11.1 Å². The maximum absolute atomic E-state index is 13.6. The van der Waals surface area contributed by atoms with E-state index in [9.17, 15) is 22.4 Å². The van der Waals surface area contributed by atoms with Gasteiger partial charge in [-0.1, -0.05) is 59.6 Å². The minimum absolute atomic E-state index is 0.0329. The molecule has 2 aromatic carbocycles. The van der Waals surface area contributed by atoms with Gasteiger partial charge >= 0.3 is 6.18 Å². The topological polar surface area (TPSA) is 58.1 Å². The normalized spacial score (nSPS) is 14.7. The Morgan fingerprint density at radius 2 is 1.59 bits per heavy atom. The van der Waals surface area contributed by atoms with E-state index >= 15 is 0 Å². The van der Waals surface area contributed by atoms with E-state index < -0.39 is 22.8 Å². The summed E-state index contributed by atoms with van der Waals surface area (Å²) in [6.45, 7) is 2.06. The van der Waals surface area contributed by atoms with Crippen LogP contribution in [0.3, 0.4) is 0 Å². The number of nitrogens with zero attached hydrogens (tertiary/aromatic N) is 3. The fourth-order valence-electron chi connectivity index (χ4n) is 4.92. The van der Waals surface area contributed by atoms with Gasteiger partial charge in [0.1, 0.15) is 16.1 Å². The van der Waals surface area contributed by atoms with Gasteiger partial charge in [0, 0.05) is 24.2 Å². The van der Waals surface area contributed by atoms with Crippen LogP contribution in [0.15, 0.2) is 72.9 Å². The van der Waals surface area contributed by atoms with Crippen molar-refractivity contribution in [2.75, 3.05) is 18.4 Å². The molecule has 0 saturated carbocycles. The number of halogens is 6. The van der Waals surface area contributed by atoms with E-state index in [2.05, 4.69) is 20.2 Å². The molecule has 2 aromatic heterocycles. The molecule has 5 nitrogen and oxygen atoms in total. The number of carbonyl (C=O) groups is 1. The number of likely N-dealkylation sites (tertiary alicyclic amines) is 1. The van der Waals surface area contributed by atoms with Crippen LogP contribution in [0.2, 0.25) is 10.3 Å². The summed E-state index contributed by atoms with van der Waals surface area (Å²) in [5.74, 6) is -1.12. The maximum atomic E-state index is 13.6. The maximum Gasteiger partial charge on any atom is 0.419 e. The Hall–Kier alpha value is -3.53. The Labute approximate surface area is 244 Å². The van der Waals surface area contributed by atoms with Crippen molar-refractivity contribution in [2.45, 2.75) is 31.5 Å². The van der Waals surface area contributed by atoms with Crippen molar-refractivity contribution < 1.29 is 22.4 Å². The molecule has 41 heavy (non-hydrogen) atoms. The molecule has 0 unspecified atom stereocenters. The number of carbonyl (C=O) groups excluding carboxylic acids is 1. The molecule has 1 N–H and O–H groups in total. The number of amides is 1. The molecular formula is C30H24Cl2F4N4O. The summed E-state index contributed by atoms with van der Waals surface area (Å²) in [7, 11) is 0. The summed E-state index contributed by atoms with van der Waals surface area (Å²) < 4.78 is 54.1. The summed E-state index contributed by atoms with van der Waals surface area (Å²) >= 11 is 11.9. The third-order valence-electron chi connectivity index (χ3n) is 7.06. The van der Waals surface area contributed by atoms with Gasteiger partial charge in [0.05, 0.1) is 16.9 Å². The van der Waals surface area contributed by atoms with E-state index in [1.807, 2.05) is 24.3 Å². The minimum atomic E-state index is -4.74. The number of rotatable bonds is 6. The Balaban J connectivity index is 1.29.